The molecule has 0 spiro atoms. The van der Waals surface area contributed by atoms with Gasteiger partial charge in [0.05, 0.1) is 6.54 Å². The maximum atomic E-state index is 4.50. The summed E-state index contributed by atoms with van der Waals surface area (Å²) in [5, 5.41) is 0. The van der Waals surface area contributed by atoms with Crippen LogP contribution in [0.4, 0.5) is 0 Å². The van der Waals surface area contributed by atoms with Crippen LogP contribution in [0, 0.1) is 5.92 Å². The van der Waals surface area contributed by atoms with E-state index in [9.17, 15) is 0 Å². The van der Waals surface area contributed by atoms with Gasteiger partial charge in [-0.2, -0.15) is 0 Å². The van der Waals surface area contributed by atoms with Crippen molar-refractivity contribution in [1.82, 2.24) is 19.4 Å². The molecule has 1 aliphatic heterocycles. The molecule has 1 aliphatic rings. The van der Waals surface area contributed by atoms with E-state index in [2.05, 4.69) is 53.4 Å². The van der Waals surface area contributed by atoms with Gasteiger partial charge in [0.1, 0.15) is 5.82 Å². The lowest BCUT2D eigenvalue weighted by molar-refractivity contribution is 0.216. The lowest BCUT2D eigenvalue weighted by Gasteiger charge is -2.25. The predicted octanol–water partition coefficient (Wildman–Crippen LogP) is 2.63. The summed E-state index contributed by atoms with van der Waals surface area (Å²) in [6.45, 7) is 12.7. The van der Waals surface area contributed by atoms with Gasteiger partial charge in [0.15, 0.2) is 0 Å². The van der Waals surface area contributed by atoms with Crippen LogP contribution in [-0.4, -0.2) is 52.6 Å². The largest absolute Gasteiger partial charge is 0.331 e. The Labute approximate surface area is 123 Å². The third-order valence-electron chi connectivity index (χ3n) is 4.11. The van der Waals surface area contributed by atoms with E-state index < -0.39 is 0 Å². The summed E-state index contributed by atoms with van der Waals surface area (Å²) in [5.41, 5.74) is 0. The monoisotopic (exact) mass is 278 g/mol. The van der Waals surface area contributed by atoms with Crippen LogP contribution in [0.1, 0.15) is 45.5 Å². The average Bonchev–Trinajstić information content (AvgIpc) is 2.99. The molecule has 4 heteroatoms. The van der Waals surface area contributed by atoms with E-state index in [0.717, 1.165) is 19.0 Å². The number of imidazole rings is 1. The molecule has 0 aliphatic carbocycles. The normalized spacial score (nSPS) is 18.3. The first-order valence-corrected chi connectivity index (χ1v) is 7.99. The van der Waals surface area contributed by atoms with Gasteiger partial charge < -0.3 is 9.47 Å². The highest BCUT2D eigenvalue weighted by Crippen LogP contribution is 2.13. The van der Waals surface area contributed by atoms with Gasteiger partial charge in [-0.05, 0) is 52.7 Å². The summed E-state index contributed by atoms with van der Waals surface area (Å²) in [6.07, 6.45) is 6.76. The number of nitrogens with zero attached hydrogens (tertiary/aromatic N) is 4. The molecule has 4 nitrogen and oxygen atoms in total. The number of hydrogen-bond acceptors (Lipinski definition) is 3. The van der Waals surface area contributed by atoms with Crippen LogP contribution in [-0.2, 0) is 6.54 Å². The van der Waals surface area contributed by atoms with Crippen molar-refractivity contribution in [2.75, 3.05) is 33.2 Å². The molecule has 1 atom stereocenters. The summed E-state index contributed by atoms with van der Waals surface area (Å²) in [6, 6.07) is 0.489. The van der Waals surface area contributed by atoms with Gasteiger partial charge in [0.25, 0.3) is 0 Å². The SMILES string of the molecule is CC(C)n1ccnc1CN(C)C[C@H](C)CN1CCCC1. The Bertz CT molecular complexity index is 393. The van der Waals surface area contributed by atoms with E-state index in [0.29, 0.717) is 6.04 Å². The van der Waals surface area contributed by atoms with E-state index in [1.54, 1.807) is 0 Å². The van der Waals surface area contributed by atoms with E-state index in [1.165, 1.54) is 38.3 Å². The molecule has 0 unspecified atom stereocenters. The lowest BCUT2D eigenvalue weighted by Crippen LogP contribution is -2.33. The third-order valence-corrected chi connectivity index (χ3v) is 4.11. The quantitative estimate of drug-likeness (QED) is 0.766. The molecule has 2 rings (SSSR count). The van der Waals surface area contributed by atoms with Crippen LogP contribution in [0.25, 0.3) is 0 Å². The number of hydrogen-bond donors (Lipinski definition) is 0. The van der Waals surface area contributed by atoms with Gasteiger partial charge in [-0.25, -0.2) is 4.98 Å². The molecule has 20 heavy (non-hydrogen) atoms. The topological polar surface area (TPSA) is 24.3 Å². The van der Waals surface area contributed by atoms with Crippen molar-refractivity contribution in [2.24, 2.45) is 5.92 Å². The Morgan fingerprint density at radius 3 is 2.60 bits per heavy atom. The first-order chi connectivity index (χ1) is 9.56. The Morgan fingerprint density at radius 2 is 1.95 bits per heavy atom. The Hall–Kier alpha value is -0.870. The minimum Gasteiger partial charge on any atom is -0.331 e. The van der Waals surface area contributed by atoms with Crippen molar-refractivity contribution in [3.63, 3.8) is 0 Å². The van der Waals surface area contributed by atoms with Crippen molar-refractivity contribution in [1.29, 1.82) is 0 Å². The number of likely N-dealkylation sites (tertiary alicyclic amines) is 1. The molecule has 0 N–H and O–H groups in total. The van der Waals surface area contributed by atoms with Crippen molar-refractivity contribution in [3.05, 3.63) is 18.2 Å². The Balaban J connectivity index is 1.79. The van der Waals surface area contributed by atoms with Gasteiger partial charge in [-0.3, -0.25) is 4.90 Å². The molecule has 1 saturated heterocycles. The first kappa shape index (κ1) is 15.5. The number of aromatic nitrogens is 2. The van der Waals surface area contributed by atoms with Gasteiger partial charge in [0, 0.05) is 31.5 Å². The van der Waals surface area contributed by atoms with Gasteiger partial charge in [-0.15, -0.1) is 0 Å². The van der Waals surface area contributed by atoms with Gasteiger partial charge >= 0.3 is 0 Å². The van der Waals surface area contributed by atoms with Crippen molar-refractivity contribution in [3.8, 4) is 0 Å². The summed E-state index contributed by atoms with van der Waals surface area (Å²) in [4.78, 5) is 9.51. The molecule has 0 radical (unpaired) electrons. The van der Waals surface area contributed by atoms with E-state index >= 15 is 0 Å². The molecule has 1 fully saturated rings. The highest BCUT2D eigenvalue weighted by molar-refractivity contribution is 4.94. The van der Waals surface area contributed by atoms with Crippen LogP contribution >= 0.6 is 0 Å². The minimum absolute atomic E-state index is 0.489. The van der Waals surface area contributed by atoms with Crippen LogP contribution in [0.15, 0.2) is 12.4 Å². The molecule has 2 heterocycles. The summed E-state index contributed by atoms with van der Waals surface area (Å²) < 4.78 is 2.27. The minimum atomic E-state index is 0.489. The molecule has 0 amide bonds. The zero-order valence-electron chi connectivity index (χ0n) is 13.5. The molecule has 0 saturated carbocycles. The fourth-order valence-electron chi connectivity index (χ4n) is 3.24. The van der Waals surface area contributed by atoms with Crippen molar-refractivity contribution in [2.45, 2.75) is 46.2 Å². The second-order valence-corrected chi connectivity index (χ2v) is 6.65. The predicted molar refractivity (Wildman–Crippen MR) is 83.8 cm³/mol. The summed E-state index contributed by atoms with van der Waals surface area (Å²) in [5.74, 6) is 1.90. The summed E-state index contributed by atoms with van der Waals surface area (Å²) >= 11 is 0. The van der Waals surface area contributed by atoms with Crippen molar-refractivity contribution >= 4 is 0 Å². The molecule has 114 valence electrons. The molecule has 0 aromatic carbocycles. The third kappa shape index (κ3) is 4.32. The molecule has 1 aromatic heterocycles. The summed E-state index contributed by atoms with van der Waals surface area (Å²) in [7, 11) is 2.21. The fourth-order valence-corrected chi connectivity index (χ4v) is 3.24. The van der Waals surface area contributed by atoms with E-state index in [1.807, 2.05) is 6.20 Å². The lowest BCUT2D eigenvalue weighted by atomic mass is 10.1. The first-order valence-electron chi connectivity index (χ1n) is 7.99. The Kier molecular flexibility index (Phi) is 5.61. The Morgan fingerprint density at radius 1 is 1.25 bits per heavy atom. The average molecular weight is 278 g/mol. The van der Waals surface area contributed by atoms with E-state index in [4.69, 9.17) is 0 Å². The molecular weight excluding hydrogens is 248 g/mol. The highest BCUT2D eigenvalue weighted by atomic mass is 15.2. The van der Waals surface area contributed by atoms with Gasteiger partial charge in [0.2, 0.25) is 0 Å². The van der Waals surface area contributed by atoms with Gasteiger partial charge in [-0.1, -0.05) is 6.92 Å². The standard InChI is InChI=1S/C16H30N4/c1-14(2)20-10-7-17-16(20)13-18(4)11-15(3)12-19-8-5-6-9-19/h7,10,14-15H,5-6,8-9,11-13H2,1-4H3/t15-/m0/s1. The maximum absolute atomic E-state index is 4.50. The fraction of sp³-hybridized carbons (Fsp3) is 0.812. The second-order valence-electron chi connectivity index (χ2n) is 6.65. The molecular formula is C16H30N4. The molecule has 1 aromatic rings. The number of rotatable bonds is 7. The van der Waals surface area contributed by atoms with Crippen LogP contribution < -0.4 is 0 Å². The van der Waals surface area contributed by atoms with Crippen molar-refractivity contribution < 1.29 is 0 Å². The highest BCUT2D eigenvalue weighted by Gasteiger charge is 2.16. The zero-order chi connectivity index (χ0) is 14.5. The molecule has 0 bridgehead atoms. The zero-order valence-corrected chi connectivity index (χ0v) is 13.5. The second kappa shape index (κ2) is 7.23. The van der Waals surface area contributed by atoms with Crippen LogP contribution in [0.2, 0.25) is 0 Å². The smallest absolute Gasteiger partial charge is 0.123 e. The maximum Gasteiger partial charge on any atom is 0.123 e. The van der Waals surface area contributed by atoms with E-state index in [-0.39, 0.29) is 0 Å². The van der Waals surface area contributed by atoms with Crippen LogP contribution in [0.3, 0.4) is 0 Å². The van der Waals surface area contributed by atoms with Crippen LogP contribution in [0.5, 0.6) is 0 Å².